The lowest BCUT2D eigenvalue weighted by Gasteiger charge is -2.20. The molecule has 3 heteroatoms. The van der Waals surface area contributed by atoms with Crippen LogP contribution in [0, 0.1) is 0 Å². The summed E-state index contributed by atoms with van der Waals surface area (Å²) in [5, 5.41) is 7.51. The van der Waals surface area contributed by atoms with E-state index in [0.717, 1.165) is 31.6 Å². The molecule has 1 saturated heterocycles. The minimum Gasteiger partial charge on any atom is -0.314 e. The van der Waals surface area contributed by atoms with Gasteiger partial charge in [0.1, 0.15) is 0 Å². The lowest BCUT2D eigenvalue weighted by molar-refractivity contribution is 0.295. The number of allylic oxidation sites excluding steroid dienone is 8. The van der Waals surface area contributed by atoms with Crippen LogP contribution in [0.5, 0.6) is 0 Å². The standard InChI is InChI=1S/C45H85N3/c1-4-6-8-10-12-14-16-18-20-22-24-26-28-30-32-34-38-44(47-41-37-36-40-45-42-46-43-48(45)3)39-35-33-31-29-27-25-23-21-19-17-15-13-11-9-7-5-2/h12-15,18-21,44-47H,4-11,16-17,22-43H2,1-3H3. The largest absolute Gasteiger partial charge is 0.314 e. The maximum Gasteiger partial charge on any atom is 0.0481 e. The summed E-state index contributed by atoms with van der Waals surface area (Å²) in [4.78, 5) is 2.48. The van der Waals surface area contributed by atoms with E-state index in [1.807, 2.05) is 0 Å². The van der Waals surface area contributed by atoms with Crippen LogP contribution in [-0.2, 0) is 0 Å². The Morgan fingerprint density at radius 2 is 0.979 bits per heavy atom. The minimum atomic E-state index is 0.734. The molecule has 280 valence electrons. The quantitative estimate of drug-likeness (QED) is 0.0514. The SMILES string of the molecule is CCCCCC=CCC=CCCCCCCCCC(CCCCCCCCC=CCC=CCCCCC)NCCCCC1CNCN1C. The van der Waals surface area contributed by atoms with E-state index in [9.17, 15) is 0 Å². The zero-order valence-corrected chi connectivity index (χ0v) is 32.8. The second-order valence-electron chi connectivity index (χ2n) is 14.9. The van der Waals surface area contributed by atoms with Crippen LogP contribution in [0.15, 0.2) is 48.6 Å². The summed E-state index contributed by atoms with van der Waals surface area (Å²) in [6, 6.07) is 1.48. The highest BCUT2D eigenvalue weighted by molar-refractivity contribution is 4.93. The van der Waals surface area contributed by atoms with E-state index in [1.165, 1.54) is 186 Å². The van der Waals surface area contributed by atoms with Gasteiger partial charge in [0.15, 0.2) is 0 Å². The van der Waals surface area contributed by atoms with Gasteiger partial charge in [0.05, 0.1) is 0 Å². The molecule has 0 spiro atoms. The number of rotatable bonds is 36. The highest BCUT2D eigenvalue weighted by atomic mass is 15.3. The Labute approximate surface area is 302 Å². The van der Waals surface area contributed by atoms with Crippen molar-refractivity contribution in [2.75, 3.05) is 26.8 Å². The van der Waals surface area contributed by atoms with Gasteiger partial charge in [0, 0.05) is 25.3 Å². The van der Waals surface area contributed by atoms with Crippen LogP contribution < -0.4 is 10.6 Å². The van der Waals surface area contributed by atoms with E-state index >= 15 is 0 Å². The van der Waals surface area contributed by atoms with Gasteiger partial charge in [-0.05, 0) is 103 Å². The van der Waals surface area contributed by atoms with E-state index in [2.05, 4.69) is 85.0 Å². The van der Waals surface area contributed by atoms with Gasteiger partial charge in [-0.1, -0.05) is 159 Å². The molecule has 1 rings (SSSR count). The van der Waals surface area contributed by atoms with Crippen LogP contribution in [0.4, 0.5) is 0 Å². The second kappa shape index (κ2) is 37.1. The summed E-state index contributed by atoms with van der Waals surface area (Å²) in [5.74, 6) is 0. The Morgan fingerprint density at radius 1 is 0.542 bits per heavy atom. The molecule has 48 heavy (non-hydrogen) atoms. The molecule has 0 bridgehead atoms. The van der Waals surface area contributed by atoms with Crippen molar-refractivity contribution >= 4 is 0 Å². The highest BCUT2D eigenvalue weighted by Gasteiger charge is 2.19. The van der Waals surface area contributed by atoms with E-state index in [0.29, 0.717) is 0 Å². The minimum absolute atomic E-state index is 0.734. The molecule has 0 aromatic heterocycles. The predicted octanol–water partition coefficient (Wildman–Crippen LogP) is 13.4. The van der Waals surface area contributed by atoms with Crippen molar-refractivity contribution in [3.8, 4) is 0 Å². The molecular weight excluding hydrogens is 583 g/mol. The highest BCUT2D eigenvalue weighted by Crippen LogP contribution is 2.16. The Bertz CT molecular complexity index is 705. The number of nitrogens with zero attached hydrogens (tertiary/aromatic N) is 1. The maximum absolute atomic E-state index is 4.01. The molecule has 1 aliphatic rings. The summed E-state index contributed by atoms with van der Waals surface area (Å²) in [7, 11) is 2.26. The lowest BCUT2D eigenvalue weighted by atomic mass is 9.99. The fourth-order valence-electron chi connectivity index (χ4n) is 6.93. The molecule has 0 amide bonds. The Balaban J connectivity index is 2.11. The predicted molar refractivity (Wildman–Crippen MR) is 218 cm³/mol. The van der Waals surface area contributed by atoms with Crippen LogP contribution in [0.1, 0.15) is 200 Å². The normalized spacial score (nSPS) is 16.6. The molecule has 1 unspecified atom stereocenters. The fourth-order valence-corrected chi connectivity index (χ4v) is 6.93. The van der Waals surface area contributed by atoms with Crippen molar-refractivity contribution in [3.05, 3.63) is 48.6 Å². The zero-order valence-electron chi connectivity index (χ0n) is 32.8. The summed E-state index contributed by atoms with van der Waals surface area (Å²) in [6.45, 7) is 8.00. The number of unbranched alkanes of at least 4 members (excludes halogenated alkanes) is 19. The third-order valence-electron chi connectivity index (χ3n) is 10.3. The van der Waals surface area contributed by atoms with Gasteiger partial charge in [-0.2, -0.15) is 0 Å². The van der Waals surface area contributed by atoms with Gasteiger partial charge in [-0.3, -0.25) is 4.90 Å². The van der Waals surface area contributed by atoms with Gasteiger partial charge in [0.2, 0.25) is 0 Å². The van der Waals surface area contributed by atoms with Gasteiger partial charge < -0.3 is 10.6 Å². The van der Waals surface area contributed by atoms with E-state index in [4.69, 9.17) is 0 Å². The third-order valence-corrected chi connectivity index (χ3v) is 10.3. The first-order valence-electron chi connectivity index (χ1n) is 21.5. The first-order chi connectivity index (χ1) is 23.8. The van der Waals surface area contributed by atoms with Crippen molar-refractivity contribution in [1.29, 1.82) is 0 Å². The Morgan fingerprint density at radius 3 is 1.42 bits per heavy atom. The first-order valence-corrected chi connectivity index (χ1v) is 21.5. The molecule has 0 aromatic carbocycles. The topological polar surface area (TPSA) is 27.3 Å². The van der Waals surface area contributed by atoms with Gasteiger partial charge in [-0.15, -0.1) is 0 Å². The van der Waals surface area contributed by atoms with Crippen LogP contribution in [0.3, 0.4) is 0 Å². The maximum atomic E-state index is 4.01. The van der Waals surface area contributed by atoms with Gasteiger partial charge in [0.25, 0.3) is 0 Å². The first kappa shape index (κ1) is 44.9. The van der Waals surface area contributed by atoms with Gasteiger partial charge >= 0.3 is 0 Å². The molecule has 1 atom stereocenters. The molecule has 0 aliphatic carbocycles. The molecule has 0 aromatic rings. The second-order valence-corrected chi connectivity index (χ2v) is 14.9. The third kappa shape index (κ3) is 30.9. The number of hydrogen-bond acceptors (Lipinski definition) is 3. The Kier molecular flexibility index (Phi) is 34.7. The van der Waals surface area contributed by atoms with E-state index in [1.54, 1.807) is 0 Å². The molecule has 2 N–H and O–H groups in total. The van der Waals surface area contributed by atoms with Crippen molar-refractivity contribution < 1.29 is 0 Å². The summed E-state index contributed by atoms with van der Waals surface area (Å²) < 4.78 is 0. The lowest BCUT2D eigenvalue weighted by Crippen LogP contribution is -2.30. The number of nitrogens with one attached hydrogen (secondary N) is 2. The molecule has 1 aliphatic heterocycles. The van der Waals surface area contributed by atoms with Crippen molar-refractivity contribution in [3.63, 3.8) is 0 Å². The van der Waals surface area contributed by atoms with Crippen molar-refractivity contribution in [2.24, 2.45) is 0 Å². The average Bonchev–Trinajstić information content (AvgIpc) is 3.51. The van der Waals surface area contributed by atoms with E-state index in [-0.39, 0.29) is 0 Å². The summed E-state index contributed by atoms with van der Waals surface area (Å²) in [5.41, 5.74) is 0. The average molecular weight is 668 g/mol. The molecular formula is C45H85N3. The number of hydrogen-bond donors (Lipinski definition) is 2. The Hall–Kier alpha value is -1.16. The van der Waals surface area contributed by atoms with Crippen LogP contribution in [0.2, 0.25) is 0 Å². The summed E-state index contributed by atoms with van der Waals surface area (Å²) >= 11 is 0. The smallest absolute Gasteiger partial charge is 0.0481 e. The molecule has 3 nitrogen and oxygen atoms in total. The molecule has 0 saturated carbocycles. The molecule has 0 radical (unpaired) electrons. The number of likely N-dealkylation sites (N-methyl/N-ethyl adjacent to an activating group) is 1. The van der Waals surface area contributed by atoms with Gasteiger partial charge in [-0.25, -0.2) is 0 Å². The zero-order chi connectivity index (χ0) is 34.4. The van der Waals surface area contributed by atoms with Crippen LogP contribution in [0.25, 0.3) is 0 Å². The van der Waals surface area contributed by atoms with E-state index < -0.39 is 0 Å². The van der Waals surface area contributed by atoms with Crippen LogP contribution in [-0.4, -0.2) is 43.8 Å². The summed E-state index contributed by atoms with van der Waals surface area (Å²) in [6.07, 6.45) is 57.9. The van der Waals surface area contributed by atoms with Crippen molar-refractivity contribution in [2.45, 2.75) is 212 Å². The van der Waals surface area contributed by atoms with Crippen LogP contribution >= 0.6 is 0 Å². The molecule has 1 heterocycles. The molecule has 1 fully saturated rings. The fraction of sp³-hybridized carbons (Fsp3) is 0.822. The monoisotopic (exact) mass is 668 g/mol. The van der Waals surface area contributed by atoms with Crippen molar-refractivity contribution in [1.82, 2.24) is 15.5 Å².